The number of alkyl halides is 2. The largest absolute Gasteiger partial charge is 0.435 e. The van der Waals surface area contributed by atoms with Crippen molar-refractivity contribution in [3.05, 3.63) is 24.3 Å². The van der Waals surface area contributed by atoms with Crippen molar-refractivity contribution in [1.29, 1.82) is 0 Å². The summed E-state index contributed by atoms with van der Waals surface area (Å²) >= 11 is 0. The van der Waals surface area contributed by atoms with Gasteiger partial charge in [0.1, 0.15) is 5.75 Å². The minimum atomic E-state index is -3.64. The van der Waals surface area contributed by atoms with E-state index in [0.29, 0.717) is 19.0 Å². The van der Waals surface area contributed by atoms with Crippen molar-refractivity contribution in [3.63, 3.8) is 0 Å². The molecule has 0 N–H and O–H groups in total. The first-order chi connectivity index (χ1) is 11.3. The average Bonchev–Trinajstić information content (AvgIpc) is 2.92. The predicted octanol–water partition coefficient (Wildman–Crippen LogP) is 2.64. The molecular formula is C16H24F2N2O3S. The Kier molecular flexibility index (Phi) is 6.17. The van der Waals surface area contributed by atoms with E-state index in [2.05, 4.69) is 16.6 Å². The van der Waals surface area contributed by atoms with Crippen LogP contribution in [-0.4, -0.2) is 57.5 Å². The summed E-state index contributed by atoms with van der Waals surface area (Å²) < 4.78 is 55.7. The Balaban J connectivity index is 2.18. The molecule has 1 aromatic carbocycles. The van der Waals surface area contributed by atoms with Gasteiger partial charge >= 0.3 is 6.61 Å². The number of rotatable bonds is 7. The monoisotopic (exact) mass is 362 g/mol. The van der Waals surface area contributed by atoms with Crippen LogP contribution in [0.3, 0.4) is 0 Å². The van der Waals surface area contributed by atoms with Gasteiger partial charge in [-0.3, -0.25) is 0 Å². The molecular weight excluding hydrogens is 338 g/mol. The number of benzene rings is 1. The van der Waals surface area contributed by atoms with E-state index in [1.807, 2.05) is 14.1 Å². The summed E-state index contributed by atoms with van der Waals surface area (Å²) in [5.74, 6) is 0.238. The van der Waals surface area contributed by atoms with Crippen molar-refractivity contribution < 1.29 is 21.9 Å². The molecule has 24 heavy (non-hydrogen) atoms. The zero-order valence-electron chi connectivity index (χ0n) is 14.2. The molecule has 0 spiro atoms. The fourth-order valence-corrected chi connectivity index (χ4v) is 4.71. The fourth-order valence-electron chi connectivity index (χ4n) is 3.19. The van der Waals surface area contributed by atoms with Crippen molar-refractivity contribution in [2.75, 3.05) is 27.2 Å². The molecule has 1 saturated heterocycles. The molecule has 2 unspecified atom stereocenters. The first-order valence-electron chi connectivity index (χ1n) is 7.97. The summed E-state index contributed by atoms with van der Waals surface area (Å²) in [5.41, 5.74) is 0. The third-order valence-electron chi connectivity index (χ3n) is 4.38. The van der Waals surface area contributed by atoms with E-state index in [-0.39, 0.29) is 16.7 Å². The molecule has 8 heteroatoms. The molecule has 136 valence electrons. The first kappa shape index (κ1) is 19.1. The van der Waals surface area contributed by atoms with E-state index >= 15 is 0 Å². The zero-order chi connectivity index (χ0) is 17.9. The lowest BCUT2D eigenvalue weighted by Gasteiger charge is -2.24. The maximum atomic E-state index is 12.8. The van der Waals surface area contributed by atoms with Gasteiger partial charge in [-0.2, -0.15) is 13.1 Å². The number of halogens is 2. The van der Waals surface area contributed by atoms with E-state index < -0.39 is 16.6 Å². The molecule has 1 heterocycles. The van der Waals surface area contributed by atoms with Crippen LogP contribution in [0.4, 0.5) is 8.78 Å². The van der Waals surface area contributed by atoms with Crippen LogP contribution >= 0.6 is 0 Å². The van der Waals surface area contributed by atoms with E-state index in [4.69, 9.17) is 0 Å². The van der Waals surface area contributed by atoms with Gasteiger partial charge < -0.3 is 9.64 Å². The lowest BCUT2D eigenvalue weighted by Crippen LogP contribution is -2.36. The number of hydrogen-bond donors (Lipinski definition) is 0. The van der Waals surface area contributed by atoms with Gasteiger partial charge in [0.2, 0.25) is 10.0 Å². The Morgan fingerprint density at radius 3 is 2.38 bits per heavy atom. The van der Waals surface area contributed by atoms with Gasteiger partial charge in [-0.25, -0.2) is 8.42 Å². The summed E-state index contributed by atoms with van der Waals surface area (Å²) in [5, 5.41) is 0. The number of sulfonamides is 1. The standard InChI is InChI=1S/C16H24F2N2O3S/c1-4-5-12-10-20(11-15(12)19(2)3)24(21,22)14-8-6-13(7-9-14)23-16(17)18/h6-9,12,15-16H,4-5,10-11H2,1-3H3. The van der Waals surface area contributed by atoms with E-state index in [0.717, 1.165) is 12.8 Å². The number of hydrogen-bond acceptors (Lipinski definition) is 4. The summed E-state index contributed by atoms with van der Waals surface area (Å²) in [6.45, 7) is 0.0801. The van der Waals surface area contributed by atoms with Crippen LogP contribution in [0.5, 0.6) is 5.75 Å². The van der Waals surface area contributed by atoms with Crippen molar-refractivity contribution in [3.8, 4) is 5.75 Å². The fraction of sp³-hybridized carbons (Fsp3) is 0.625. The third-order valence-corrected chi connectivity index (χ3v) is 6.23. The molecule has 0 radical (unpaired) electrons. The molecule has 5 nitrogen and oxygen atoms in total. The van der Waals surface area contributed by atoms with Crippen molar-refractivity contribution in [1.82, 2.24) is 9.21 Å². The lowest BCUT2D eigenvalue weighted by atomic mass is 9.98. The minimum absolute atomic E-state index is 0.0552. The zero-order valence-corrected chi connectivity index (χ0v) is 15.0. The molecule has 1 aromatic rings. The molecule has 0 saturated carbocycles. The quantitative estimate of drug-likeness (QED) is 0.748. The van der Waals surface area contributed by atoms with Crippen LogP contribution in [0.1, 0.15) is 19.8 Å². The smallest absolute Gasteiger partial charge is 0.387 e. The van der Waals surface area contributed by atoms with Crippen molar-refractivity contribution in [2.24, 2.45) is 5.92 Å². The average molecular weight is 362 g/mol. The number of likely N-dealkylation sites (N-methyl/N-ethyl adjacent to an activating group) is 1. The SMILES string of the molecule is CCCC1CN(S(=O)(=O)c2ccc(OC(F)F)cc2)CC1N(C)C. The number of nitrogens with zero attached hydrogens (tertiary/aromatic N) is 2. The summed E-state index contributed by atoms with van der Waals surface area (Å²) in [4.78, 5) is 2.16. The van der Waals surface area contributed by atoms with Gasteiger partial charge in [-0.05, 0) is 50.7 Å². The van der Waals surface area contributed by atoms with Gasteiger partial charge in [-0.15, -0.1) is 0 Å². The highest BCUT2D eigenvalue weighted by Gasteiger charge is 2.39. The highest BCUT2D eigenvalue weighted by atomic mass is 32.2. The molecule has 0 amide bonds. The highest BCUT2D eigenvalue weighted by molar-refractivity contribution is 7.89. The van der Waals surface area contributed by atoms with Gasteiger partial charge in [0.05, 0.1) is 4.90 Å². The Morgan fingerprint density at radius 1 is 1.25 bits per heavy atom. The topological polar surface area (TPSA) is 49.9 Å². The van der Waals surface area contributed by atoms with E-state index in [1.165, 1.54) is 28.6 Å². The molecule has 1 fully saturated rings. The van der Waals surface area contributed by atoms with Crippen LogP contribution in [-0.2, 0) is 10.0 Å². The molecule has 1 aliphatic rings. The van der Waals surface area contributed by atoms with Crippen LogP contribution in [0, 0.1) is 5.92 Å². The number of ether oxygens (including phenoxy) is 1. The predicted molar refractivity (Wildman–Crippen MR) is 87.7 cm³/mol. The Hall–Kier alpha value is -1.25. The maximum absolute atomic E-state index is 12.8. The summed E-state index contributed by atoms with van der Waals surface area (Å²) in [7, 11) is 0.279. The summed E-state index contributed by atoms with van der Waals surface area (Å²) in [6, 6.07) is 5.31. The van der Waals surface area contributed by atoms with Gasteiger partial charge in [0.25, 0.3) is 0 Å². The van der Waals surface area contributed by atoms with E-state index in [1.54, 1.807) is 0 Å². The maximum Gasteiger partial charge on any atom is 0.387 e. The van der Waals surface area contributed by atoms with Crippen LogP contribution in [0.25, 0.3) is 0 Å². The Labute approximate surface area is 142 Å². The molecule has 0 aromatic heterocycles. The van der Waals surface area contributed by atoms with E-state index in [9.17, 15) is 17.2 Å². The van der Waals surface area contributed by atoms with Crippen LogP contribution in [0.15, 0.2) is 29.2 Å². The summed E-state index contributed by atoms with van der Waals surface area (Å²) in [6.07, 6.45) is 1.97. The second kappa shape index (κ2) is 7.76. The molecule has 1 aliphatic heterocycles. The van der Waals surface area contributed by atoms with Crippen molar-refractivity contribution in [2.45, 2.75) is 37.3 Å². The third kappa shape index (κ3) is 4.23. The first-order valence-corrected chi connectivity index (χ1v) is 9.41. The van der Waals surface area contributed by atoms with Gasteiger partial charge in [-0.1, -0.05) is 13.3 Å². The Bertz CT molecular complexity index is 635. The van der Waals surface area contributed by atoms with Crippen LogP contribution < -0.4 is 4.74 Å². The van der Waals surface area contributed by atoms with Crippen molar-refractivity contribution >= 4 is 10.0 Å². The lowest BCUT2D eigenvalue weighted by molar-refractivity contribution is -0.0498. The highest BCUT2D eigenvalue weighted by Crippen LogP contribution is 2.30. The molecule has 0 bridgehead atoms. The second-order valence-electron chi connectivity index (χ2n) is 6.25. The minimum Gasteiger partial charge on any atom is -0.435 e. The van der Waals surface area contributed by atoms with Gasteiger partial charge in [0.15, 0.2) is 0 Å². The van der Waals surface area contributed by atoms with Gasteiger partial charge in [0, 0.05) is 19.1 Å². The molecule has 2 rings (SSSR count). The Morgan fingerprint density at radius 2 is 1.88 bits per heavy atom. The van der Waals surface area contributed by atoms with Crippen LogP contribution in [0.2, 0.25) is 0 Å². The second-order valence-corrected chi connectivity index (χ2v) is 8.19. The normalized spacial score (nSPS) is 22.5. The molecule has 0 aliphatic carbocycles. The molecule has 2 atom stereocenters.